The van der Waals surface area contributed by atoms with Crippen LogP contribution >= 0.6 is 12.4 Å². The second-order valence-corrected chi connectivity index (χ2v) is 5.95. The van der Waals surface area contributed by atoms with Gasteiger partial charge in [-0.3, -0.25) is 4.79 Å². The lowest BCUT2D eigenvalue weighted by Crippen LogP contribution is -2.42. The van der Waals surface area contributed by atoms with Crippen LogP contribution in [-0.4, -0.2) is 37.6 Å². The third-order valence-electron chi connectivity index (χ3n) is 3.54. The summed E-state index contributed by atoms with van der Waals surface area (Å²) < 4.78 is 5.13. The molecule has 0 aliphatic carbocycles. The summed E-state index contributed by atoms with van der Waals surface area (Å²) in [6.07, 6.45) is 2.62. The third kappa shape index (κ3) is 7.14. The van der Waals surface area contributed by atoms with Crippen LogP contribution in [0.1, 0.15) is 32.3 Å². The average Bonchev–Trinajstić information content (AvgIpc) is 2.46. The number of methoxy groups -OCH3 is 1. The van der Waals surface area contributed by atoms with Crippen LogP contribution in [0.15, 0.2) is 24.3 Å². The highest BCUT2D eigenvalue weighted by molar-refractivity contribution is 5.85. The van der Waals surface area contributed by atoms with Gasteiger partial charge in [-0.05, 0) is 42.9 Å². The standard InChI is InChI=1S/C17H28N2O2.ClH/c1-13(2)12-16(18)17(20)19(3)11-5-6-14-7-9-15(21-4)10-8-14;/h7-10,13,16H,5-6,11-12,18H2,1-4H3;1H/t16-;/m0./s1. The van der Waals surface area contributed by atoms with E-state index in [9.17, 15) is 4.79 Å². The topological polar surface area (TPSA) is 55.6 Å². The minimum atomic E-state index is -0.379. The van der Waals surface area contributed by atoms with Gasteiger partial charge in [0.05, 0.1) is 13.2 Å². The Morgan fingerprint density at radius 3 is 2.36 bits per heavy atom. The van der Waals surface area contributed by atoms with E-state index in [1.807, 2.05) is 19.2 Å². The minimum Gasteiger partial charge on any atom is -0.497 e. The summed E-state index contributed by atoms with van der Waals surface area (Å²) in [7, 11) is 3.49. The second kappa shape index (κ2) is 10.5. The monoisotopic (exact) mass is 328 g/mol. The Morgan fingerprint density at radius 2 is 1.86 bits per heavy atom. The van der Waals surface area contributed by atoms with Crippen molar-refractivity contribution >= 4 is 18.3 Å². The van der Waals surface area contributed by atoms with Gasteiger partial charge in [0.25, 0.3) is 0 Å². The third-order valence-corrected chi connectivity index (χ3v) is 3.54. The summed E-state index contributed by atoms with van der Waals surface area (Å²) >= 11 is 0. The van der Waals surface area contributed by atoms with Gasteiger partial charge in [-0.25, -0.2) is 0 Å². The quantitative estimate of drug-likeness (QED) is 0.798. The summed E-state index contributed by atoms with van der Waals surface area (Å²) in [5, 5.41) is 0. The molecular formula is C17H29ClN2O2. The molecule has 0 aliphatic heterocycles. The fourth-order valence-corrected chi connectivity index (χ4v) is 2.31. The first-order chi connectivity index (χ1) is 9.93. The van der Waals surface area contributed by atoms with E-state index in [2.05, 4.69) is 26.0 Å². The van der Waals surface area contributed by atoms with Gasteiger partial charge in [0.2, 0.25) is 5.91 Å². The zero-order valence-electron chi connectivity index (χ0n) is 14.0. The lowest BCUT2D eigenvalue weighted by atomic mass is 10.0. The van der Waals surface area contributed by atoms with Crippen molar-refractivity contribution in [3.05, 3.63) is 29.8 Å². The lowest BCUT2D eigenvalue weighted by Gasteiger charge is -2.22. The van der Waals surface area contributed by atoms with E-state index in [4.69, 9.17) is 10.5 Å². The molecule has 1 amide bonds. The molecule has 22 heavy (non-hydrogen) atoms. The van der Waals surface area contributed by atoms with E-state index in [0.717, 1.165) is 31.6 Å². The molecule has 2 N–H and O–H groups in total. The van der Waals surface area contributed by atoms with Crippen LogP contribution < -0.4 is 10.5 Å². The predicted molar refractivity (Wildman–Crippen MR) is 93.6 cm³/mol. The van der Waals surface area contributed by atoms with Gasteiger partial charge < -0.3 is 15.4 Å². The van der Waals surface area contributed by atoms with Crippen LogP contribution in [-0.2, 0) is 11.2 Å². The number of carbonyl (C=O) groups excluding carboxylic acids is 1. The van der Waals surface area contributed by atoms with Gasteiger partial charge in [-0.2, -0.15) is 0 Å². The van der Waals surface area contributed by atoms with Crippen molar-refractivity contribution in [1.29, 1.82) is 0 Å². The molecule has 0 heterocycles. The van der Waals surface area contributed by atoms with Crippen molar-refractivity contribution < 1.29 is 9.53 Å². The van der Waals surface area contributed by atoms with Crippen molar-refractivity contribution in [1.82, 2.24) is 4.90 Å². The molecule has 0 radical (unpaired) electrons. The number of benzene rings is 1. The first-order valence-electron chi connectivity index (χ1n) is 7.57. The molecule has 4 nitrogen and oxygen atoms in total. The number of ether oxygens (including phenoxy) is 1. The van der Waals surface area contributed by atoms with Crippen LogP contribution in [0.3, 0.4) is 0 Å². The molecule has 126 valence electrons. The molecule has 0 unspecified atom stereocenters. The summed E-state index contributed by atoms with van der Waals surface area (Å²) in [6.45, 7) is 4.89. The van der Waals surface area contributed by atoms with Crippen molar-refractivity contribution in [2.24, 2.45) is 11.7 Å². The molecule has 0 aromatic heterocycles. The highest BCUT2D eigenvalue weighted by Crippen LogP contribution is 2.13. The Hall–Kier alpha value is -1.26. The Morgan fingerprint density at radius 1 is 1.27 bits per heavy atom. The highest BCUT2D eigenvalue weighted by atomic mass is 35.5. The predicted octanol–water partition coefficient (Wildman–Crippen LogP) is 2.88. The van der Waals surface area contributed by atoms with Crippen molar-refractivity contribution in [2.45, 2.75) is 39.2 Å². The van der Waals surface area contributed by atoms with E-state index in [1.54, 1.807) is 12.0 Å². The number of halogens is 1. The Balaban J connectivity index is 0.00000441. The molecule has 0 bridgehead atoms. The maximum Gasteiger partial charge on any atom is 0.239 e. The SMILES string of the molecule is COc1ccc(CCCN(C)C(=O)[C@@H](N)CC(C)C)cc1.Cl. The zero-order chi connectivity index (χ0) is 15.8. The van der Waals surface area contributed by atoms with Gasteiger partial charge in [0.15, 0.2) is 0 Å². The fourth-order valence-electron chi connectivity index (χ4n) is 2.31. The molecule has 0 spiro atoms. The summed E-state index contributed by atoms with van der Waals surface area (Å²) in [6, 6.07) is 7.66. The number of carbonyl (C=O) groups is 1. The molecule has 0 saturated heterocycles. The van der Waals surface area contributed by atoms with Crippen molar-refractivity contribution in [3.8, 4) is 5.75 Å². The second-order valence-electron chi connectivity index (χ2n) is 5.95. The Bertz CT molecular complexity index is 435. The van der Waals surface area contributed by atoms with E-state index < -0.39 is 0 Å². The van der Waals surface area contributed by atoms with Crippen LogP contribution in [0, 0.1) is 5.92 Å². The normalized spacial score (nSPS) is 11.7. The van der Waals surface area contributed by atoms with Gasteiger partial charge in [-0.15, -0.1) is 12.4 Å². The van der Waals surface area contributed by atoms with E-state index >= 15 is 0 Å². The molecule has 0 aliphatic rings. The largest absolute Gasteiger partial charge is 0.497 e. The average molecular weight is 329 g/mol. The molecule has 0 fully saturated rings. The maximum atomic E-state index is 12.1. The molecule has 1 aromatic rings. The van der Waals surface area contributed by atoms with Crippen LogP contribution in [0.5, 0.6) is 5.75 Å². The maximum absolute atomic E-state index is 12.1. The first kappa shape index (κ1) is 20.7. The van der Waals surface area contributed by atoms with Gasteiger partial charge >= 0.3 is 0 Å². The van der Waals surface area contributed by atoms with E-state index in [1.165, 1.54) is 5.56 Å². The zero-order valence-corrected chi connectivity index (χ0v) is 14.9. The molecule has 1 rings (SSSR count). The van der Waals surface area contributed by atoms with E-state index in [-0.39, 0.29) is 24.4 Å². The van der Waals surface area contributed by atoms with Gasteiger partial charge in [-0.1, -0.05) is 26.0 Å². The minimum absolute atomic E-state index is 0. The Labute approximate surface area is 140 Å². The number of nitrogens with zero attached hydrogens (tertiary/aromatic N) is 1. The number of hydrogen-bond acceptors (Lipinski definition) is 3. The smallest absolute Gasteiger partial charge is 0.239 e. The molecule has 0 saturated carbocycles. The summed E-state index contributed by atoms with van der Waals surface area (Å²) in [5.41, 5.74) is 7.18. The van der Waals surface area contributed by atoms with Gasteiger partial charge in [0.1, 0.15) is 5.75 Å². The molecular weight excluding hydrogens is 300 g/mol. The van der Waals surface area contributed by atoms with Crippen LogP contribution in [0.4, 0.5) is 0 Å². The molecule has 1 atom stereocenters. The van der Waals surface area contributed by atoms with Crippen molar-refractivity contribution in [2.75, 3.05) is 20.7 Å². The summed E-state index contributed by atoms with van der Waals surface area (Å²) in [5.74, 6) is 1.35. The summed E-state index contributed by atoms with van der Waals surface area (Å²) in [4.78, 5) is 13.8. The number of hydrogen-bond donors (Lipinski definition) is 1. The number of likely N-dealkylation sites (N-methyl/N-ethyl adjacent to an activating group) is 1. The molecule has 1 aromatic carbocycles. The number of nitrogens with two attached hydrogens (primary N) is 1. The van der Waals surface area contributed by atoms with E-state index in [0.29, 0.717) is 5.92 Å². The number of amides is 1. The van der Waals surface area contributed by atoms with Crippen molar-refractivity contribution in [3.63, 3.8) is 0 Å². The van der Waals surface area contributed by atoms with Crippen LogP contribution in [0.2, 0.25) is 0 Å². The highest BCUT2D eigenvalue weighted by Gasteiger charge is 2.18. The molecule has 5 heteroatoms. The van der Waals surface area contributed by atoms with Gasteiger partial charge in [0, 0.05) is 13.6 Å². The number of rotatable bonds is 8. The van der Waals surface area contributed by atoms with Crippen LogP contribution in [0.25, 0.3) is 0 Å². The fraction of sp³-hybridized carbons (Fsp3) is 0.588. The number of aryl methyl sites for hydroxylation is 1. The first-order valence-corrected chi connectivity index (χ1v) is 7.57. The Kier molecular flexibility index (Phi) is 9.86. The lowest BCUT2D eigenvalue weighted by molar-refractivity contribution is -0.131.